The smallest absolute Gasteiger partial charge is 0.118 e. The van der Waals surface area contributed by atoms with E-state index in [0.717, 1.165) is 24.6 Å². The first kappa shape index (κ1) is 13.6. The predicted molar refractivity (Wildman–Crippen MR) is 74.4 cm³/mol. The van der Waals surface area contributed by atoms with E-state index < -0.39 is 0 Å². The van der Waals surface area contributed by atoms with E-state index in [-0.39, 0.29) is 0 Å². The van der Waals surface area contributed by atoms with Crippen LogP contribution in [0.2, 0.25) is 0 Å². The average molecular weight is 250 g/mol. The molecule has 0 amide bonds. The molecule has 0 atom stereocenters. The van der Waals surface area contributed by atoms with E-state index >= 15 is 0 Å². The second-order valence-electron chi connectivity index (χ2n) is 6.53. The highest BCUT2D eigenvalue weighted by Crippen LogP contribution is 2.29. The van der Waals surface area contributed by atoms with Gasteiger partial charge >= 0.3 is 0 Å². The van der Waals surface area contributed by atoms with E-state index in [1.165, 1.54) is 19.5 Å². The number of rotatable bonds is 5. The van der Waals surface area contributed by atoms with Crippen LogP contribution in [0.4, 0.5) is 0 Å². The quantitative estimate of drug-likeness (QED) is 0.871. The molecule has 1 N–H and O–H groups in total. The Morgan fingerprint density at radius 3 is 2.67 bits per heavy atom. The maximum atomic E-state index is 5.86. The molecule has 0 spiro atoms. The van der Waals surface area contributed by atoms with Gasteiger partial charge in [-0.15, -0.1) is 0 Å². The highest BCUT2D eigenvalue weighted by molar-refractivity contribution is 5.07. The molecular weight excluding hydrogens is 224 g/mol. The molecule has 2 rings (SSSR count). The van der Waals surface area contributed by atoms with Gasteiger partial charge in [0.1, 0.15) is 11.5 Å². The Kier molecular flexibility index (Phi) is 4.13. The highest BCUT2D eigenvalue weighted by Gasteiger charge is 2.29. The molecule has 0 unspecified atom stereocenters. The van der Waals surface area contributed by atoms with E-state index in [2.05, 4.69) is 50.0 Å². The fraction of sp³-hybridized carbons (Fsp3) is 0.733. The first-order chi connectivity index (χ1) is 8.44. The van der Waals surface area contributed by atoms with Crippen molar-refractivity contribution in [3.8, 4) is 0 Å². The van der Waals surface area contributed by atoms with Gasteiger partial charge < -0.3 is 9.73 Å². The lowest BCUT2D eigenvalue weighted by molar-refractivity contribution is 0.259. The molecule has 18 heavy (non-hydrogen) atoms. The van der Waals surface area contributed by atoms with Crippen LogP contribution >= 0.6 is 0 Å². The first-order valence-electron chi connectivity index (χ1n) is 6.98. The van der Waals surface area contributed by atoms with Crippen LogP contribution in [0.15, 0.2) is 16.5 Å². The zero-order valence-electron chi connectivity index (χ0n) is 12.1. The minimum absolute atomic E-state index is 0.467. The summed E-state index contributed by atoms with van der Waals surface area (Å²) in [6, 6.07) is 4.70. The Morgan fingerprint density at radius 1 is 1.33 bits per heavy atom. The van der Waals surface area contributed by atoms with Crippen molar-refractivity contribution in [3.05, 3.63) is 23.7 Å². The Labute approximate surface area is 111 Å². The van der Waals surface area contributed by atoms with Crippen molar-refractivity contribution in [1.29, 1.82) is 0 Å². The fourth-order valence-electron chi connectivity index (χ4n) is 2.49. The summed E-state index contributed by atoms with van der Waals surface area (Å²) in [6.45, 7) is 13.1. The molecule has 1 aromatic rings. The number of nitrogens with one attached hydrogen (secondary N) is 1. The van der Waals surface area contributed by atoms with Gasteiger partial charge in [0.15, 0.2) is 0 Å². The van der Waals surface area contributed by atoms with Crippen LogP contribution < -0.4 is 5.32 Å². The average Bonchev–Trinajstić information content (AvgIpc) is 2.83. The SMILES string of the molecule is CC(C)NCc1ccc(CN2CCC(C)(C)C2)o1. The monoisotopic (exact) mass is 250 g/mol. The van der Waals surface area contributed by atoms with Crippen molar-refractivity contribution in [2.45, 2.75) is 53.2 Å². The van der Waals surface area contributed by atoms with Crippen LogP contribution in [-0.2, 0) is 13.1 Å². The summed E-state index contributed by atoms with van der Waals surface area (Å²) in [6.07, 6.45) is 1.29. The van der Waals surface area contributed by atoms with Crippen molar-refractivity contribution in [1.82, 2.24) is 10.2 Å². The minimum atomic E-state index is 0.467. The topological polar surface area (TPSA) is 28.4 Å². The molecular formula is C15H26N2O. The van der Waals surface area contributed by atoms with Crippen LogP contribution in [0.1, 0.15) is 45.6 Å². The number of furan rings is 1. The largest absolute Gasteiger partial charge is 0.463 e. The lowest BCUT2D eigenvalue weighted by Crippen LogP contribution is -2.22. The van der Waals surface area contributed by atoms with Gasteiger partial charge in [-0.1, -0.05) is 27.7 Å². The van der Waals surface area contributed by atoms with Crippen LogP contribution in [-0.4, -0.2) is 24.0 Å². The van der Waals surface area contributed by atoms with Crippen LogP contribution in [0.5, 0.6) is 0 Å². The molecule has 1 aliphatic heterocycles. The lowest BCUT2D eigenvalue weighted by Gasteiger charge is -2.18. The van der Waals surface area contributed by atoms with E-state index in [9.17, 15) is 0 Å². The molecule has 1 fully saturated rings. The Bertz CT molecular complexity index is 382. The first-order valence-corrected chi connectivity index (χ1v) is 6.98. The van der Waals surface area contributed by atoms with Crippen molar-refractivity contribution >= 4 is 0 Å². The van der Waals surface area contributed by atoms with Gasteiger partial charge in [-0.3, -0.25) is 4.90 Å². The minimum Gasteiger partial charge on any atom is -0.463 e. The number of hydrogen-bond acceptors (Lipinski definition) is 3. The van der Waals surface area contributed by atoms with Crippen molar-refractivity contribution < 1.29 is 4.42 Å². The Hall–Kier alpha value is -0.800. The number of nitrogens with zero attached hydrogens (tertiary/aromatic N) is 1. The molecule has 0 radical (unpaired) electrons. The maximum absolute atomic E-state index is 5.86. The van der Waals surface area contributed by atoms with Crippen LogP contribution in [0.3, 0.4) is 0 Å². The van der Waals surface area contributed by atoms with E-state index in [1.54, 1.807) is 0 Å². The standard InChI is InChI=1S/C15H26N2O/c1-12(2)16-9-13-5-6-14(18-13)10-17-8-7-15(3,4)11-17/h5-6,12,16H,7-11H2,1-4H3. The normalized spacial score (nSPS) is 19.8. The fourth-order valence-corrected chi connectivity index (χ4v) is 2.49. The van der Waals surface area contributed by atoms with Gasteiger partial charge in [0.2, 0.25) is 0 Å². The Balaban J connectivity index is 1.83. The van der Waals surface area contributed by atoms with E-state index in [4.69, 9.17) is 4.42 Å². The summed E-state index contributed by atoms with van der Waals surface area (Å²) in [4.78, 5) is 2.48. The number of likely N-dealkylation sites (tertiary alicyclic amines) is 1. The Morgan fingerprint density at radius 2 is 2.06 bits per heavy atom. The highest BCUT2D eigenvalue weighted by atomic mass is 16.3. The third-order valence-electron chi connectivity index (χ3n) is 3.54. The van der Waals surface area contributed by atoms with E-state index in [0.29, 0.717) is 11.5 Å². The molecule has 0 aliphatic carbocycles. The second-order valence-corrected chi connectivity index (χ2v) is 6.53. The molecule has 0 saturated carbocycles. The van der Waals surface area contributed by atoms with Crippen LogP contribution in [0.25, 0.3) is 0 Å². The van der Waals surface area contributed by atoms with Gasteiger partial charge in [-0.2, -0.15) is 0 Å². The van der Waals surface area contributed by atoms with Crippen molar-refractivity contribution in [2.24, 2.45) is 5.41 Å². The summed E-state index contributed by atoms with van der Waals surface area (Å²) in [5, 5.41) is 3.37. The molecule has 1 aliphatic rings. The molecule has 2 heterocycles. The lowest BCUT2D eigenvalue weighted by atomic mass is 9.93. The number of hydrogen-bond donors (Lipinski definition) is 1. The second kappa shape index (κ2) is 5.45. The molecule has 1 saturated heterocycles. The summed E-state index contributed by atoms with van der Waals surface area (Å²) in [7, 11) is 0. The third-order valence-corrected chi connectivity index (χ3v) is 3.54. The van der Waals surface area contributed by atoms with Gasteiger partial charge in [-0.25, -0.2) is 0 Å². The van der Waals surface area contributed by atoms with Crippen LogP contribution in [0, 0.1) is 5.41 Å². The molecule has 3 heteroatoms. The molecule has 1 aromatic heterocycles. The van der Waals surface area contributed by atoms with E-state index in [1.807, 2.05) is 0 Å². The van der Waals surface area contributed by atoms with Gasteiger partial charge in [0.25, 0.3) is 0 Å². The summed E-state index contributed by atoms with van der Waals surface area (Å²) < 4.78 is 5.86. The third kappa shape index (κ3) is 3.85. The molecule has 3 nitrogen and oxygen atoms in total. The van der Waals surface area contributed by atoms with Crippen molar-refractivity contribution in [3.63, 3.8) is 0 Å². The molecule has 0 bridgehead atoms. The van der Waals surface area contributed by atoms with Gasteiger partial charge in [-0.05, 0) is 30.5 Å². The summed E-state index contributed by atoms with van der Waals surface area (Å²) >= 11 is 0. The zero-order chi connectivity index (χ0) is 13.2. The summed E-state index contributed by atoms with van der Waals surface area (Å²) in [5.41, 5.74) is 0.467. The molecule has 102 valence electrons. The molecule has 0 aromatic carbocycles. The maximum Gasteiger partial charge on any atom is 0.118 e. The predicted octanol–water partition coefficient (Wildman–Crippen LogP) is 3.01. The summed E-state index contributed by atoms with van der Waals surface area (Å²) in [5.74, 6) is 2.13. The zero-order valence-corrected chi connectivity index (χ0v) is 12.1. The van der Waals surface area contributed by atoms with Crippen molar-refractivity contribution in [2.75, 3.05) is 13.1 Å². The van der Waals surface area contributed by atoms with Gasteiger partial charge in [0, 0.05) is 12.6 Å². The van der Waals surface area contributed by atoms with Gasteiger partial charge in [0.05, 0.1) is 13.1 Å².